The van der Waals surface area contributed by atoms with Crippen LogP contribution >= 0.6 is 0 Å². The van der Waals surface area contributed by atoms with Crippen molar-refractivity contribution in [1.82, 2.24) is 0 Å². The first-order valence-electron chi connectivity index (χ1n) is 8.49. The molecule has 0 bridgehead atoms. The molecule has 27 heavy (non-hydrogen) atoms. The number of hydrogen-bond acceptors (Lipinski definition) is 6. The second-order valence-corrected chi connectivity index (χ2v) is 6.15. The maximum atomic E-state index is 12.7. The van der Waals surface area contributed by atoms with Crippen LogP contribution in [0, 0.1) is 10.1 Å². The van der Waals surface area contributed by atoms with Gasteiger partial charge in [0.15, 0.2) is 6.10 Å². The Balaban J connectivity index is 1.77. The van der Waals surface area contributed by atoms with Gasteiger partial charge in [-0.2, -0.15) is 0 Å². The van der Waals surface area contributed by atoms with E-state index in [0.29, 0.717) is 12.2 Å². The average Bonchev–Trinajstić information content (AvgIpc) is 3.10. The van der Waals surface area contributed by atoms with Crippen molar-refractivity contribution in [3.63, 3.8) is 0 Å². The standard InChI is InChI=1S/C19H19N3O5/c1-12(18(23)21-10-9-13-5-3-4-6-17(13)21)27-19(24)15-11-14(22(25)26)7-8-16(15)20-2/h3-8,11-12,20H,9-10H2,1-2H3/t12-/m1/s1. The first-order valence-corrected chi connectivity index (χ1v) is 8.49. The number of hydrogen-bond donors (Lipinski definition) is 1. The van der Waals surface area contributed by atoms with Gasteiger partial charge in [0.25, 0.3) is 11.6 Å². The molecule has 1 atom stereocenters. The van der Waals surface area contributed by atoms with Crippen molar-refractivity contribution < 1.29 is 19.2 Å². The van der Waals surface area contributed by atoms with Crippen LogP contribution in [0.4, 0.5) is 17.1 Å². The van der Waals surface area contributed by atoms with Crippen molar-refractivity contribution in [1.29, 1.82) is 0 Å². The van der Waals surface area contributed by atoms with E-state index in [4.69, 9.17) is 4.74 Å². The Morgan fingerprint density at radius 3 is 2.70 bits per heavy atom. The van der Waals surface area contributed by atoms with E-state index in [1.807, 2.05) is 24.3 Å². The van der Waals surface area contributed by atoms with Gasteiger partial charge in [0.1, 0.15) is 0 Å². The van der Waals surface area contributed by atoms with Gasteiger partial charge in [-0.1, -0.05) is 18.2 Å². The number of amides is 1. The van der Waals surface area contributed by atoms with Crippen molar-refractivity contribution in [3.8, 4) is 0 Å². The van der Waals surface area contributed by atoms with Gasteiger partial charge in [-0.05, 0) is 31.0 Å². The minimum Gasteiger partial charge on any atom is -0.449 e. The predicted octanol–water partition coefficient (Wildman–Crippen LogP) is 2.77. The molecule has 0 spiro atoms. The Morgan fingerprint density at radius 1 is 1.26 bits per heavy atom. The lowest BCUT2D eigenvalue weighted by Crippen LogP contribution is -2.39. The van der Waals surface area contributed by atoms with Gasteiger partial charge in [-0.25, -0.2) is 4.79 Å². The molecule has 3 rings (SSSR count). The summed E-state index contributed by atoms with van der Waals surface area (Å²) in [4.78, 5) is 37.2. The van der Waals surface area contributed by atoms with Gasteiger partial charge >= 0.3 is 5.97 Å². The number of ether oxygens (including phenoxy) is 1. The van der Waals surface area contributed by atoms with Crippen LogP contribution in [-0.2, 0) is 16.0 Å². The average molecular weight is 369 g/mol. The normalized spacial score (nSPS) is 13.6. The van der Waals surface area contributed by atoms with Gasteiger partial charge in [-0.15, -0.1) is 0 Å². The van der Waals surface area contributed by atoms with Gasteiger partial charge in [0, 0.05) is 37.1 Å². The zero-order chi connectivity index (χ0) is 19.6. The van der Waals surface area contributed by atoms with Crippen LogP contribution in [0.25, 0.3) is 0 Å². The molecule has 8 heteroatoms. The van der Waals surface area contributed by atoms with E-state index in [1.165, 1.54) is 19.1 Å². The van der Waals surface area contributed by atoms with Crippen LogP contribution in [0.3, 0.4) is 0 Å². The topological polar surface area (TPSA) is 102 Å². The molecule has 0 fully saturated rings. The highest BCUT2D eigenvalue weighted by atomic mass is 16.6. The van der Waals surface area contributed by atoms with Crippen molar-refractivity contribution in [2.24, 2.45) is 0 Å². The number of anilines is 2. The van der Waals surface area contributed by atoms with Crippen LogP contribution in [0.5, 0.6) is 0 Å². The molecular formula is C19H19N3O5. The highest BCUT2D eigenvalue weighted by Gasteiger charge is 2.30. The third-order valence-electron chi connectivity index (χ3n) is 4.49. The Hall–Kier alpha value is -3.42. The van der Waals surface area contributed by atoms with Crippen LogP contribution in [0.15, 0.2) is 42.5 Å². The van der Waals surface area contributed by atoms with E-state index < -0.39 is 17.0 Å². The van der Waals surface area contributed by atoms with E-state index >= 15 is 0 Å². The molecule has 1 aliphatic heterocycles. The van der Waals surface area contributed by atoms with E-state index in [-0.39, 0.29) is 17.2 Å². The molecule has 0 saturated heterocycles. The number of benzene rings is 2. The third kappa shape index (κ3) is 3.59. The fourth-order valence-electron chi connectivity index (χ4n) is 3.09. The van der Waals surface area contributed by atoms with E-state index in [2.05, 4.69) is 5.32 Å². The van der Waals surface area contributed by atoms with Crippen molar-refractivity contribution in [2.45, 2.75) is 19.4 Å². The van der Waals surface area contributed by atoms with Crippen molar-refractivity contribution in [3.05, 3.63) is 63.7 Å². The molecule has 0 aliphatic carbocycles. The summed E-state index contributed by atoms with van der Waals surface area (Å²) in [6, 6.07) is 11.4. The summed E-state index contributed by atoms with van der Waals surface area (Å²) in [5, 5.41) is 13.8. The molecule has 2 aromatic rings. The molecule has 140 valence electrons. The Bertz CT molecular complexity index is 912. The van der Waals surface area contributed by atoms with Crippen LogP contribution in [0.1, 0.15) is 22.8 Å². The third-order valence-corrected chi connectivity index (χ3v) is 4.49. The minimum absolute atomic E-state index is 0.00757. The minimum atomic E-state index is -1.02. The number of nitrogens with zero attached hydrogens (tertiary/aromatic N) is 2. The number of fused-ring (bicyclic) bond motifs is 1. The number of rotatable bonds is 5. The summed E-state index contributed by atoms with van der Waals surface area (Å²) >= 11 is 0. The van der Waals surface area contributed by atoms with Gasteiger partial charge in [0.2, 0.25) is 0 Å². The zero-order valence-electron chi connectivity index (χ0n) is 15.0. The molecule has 1 heterocycles. The lowest BCUT2D eigenvalue weighted by atomic mass is 10.1. The van der Waals surface area contributed by atoms with Gasteiger partial charge < -0.3 is 15.0 Å². The highest BCUT2D eigenvalue weighted by molar-refractivity contribution is 6.02. The zero-order valence-corrected chi connectivity index (χ0v) is 15.0. The number of carbonyl (C=O) groups excluding carboxylic acids is 2. The lowest BCUT2D eigenvalue weighted by Gasteiger charge is -2.22. The molecule has 1 aliphatic rings. The van der Waals surface area contributed by atoms with Gasteiger partial charge in [0.05, 0.1) is 10.5 Å². The lowest BCUT2D eigenvalue weighted by molar-refractivity contribution is -0.384. The number of nitro groups is 1. The van der Waals surface area contributed by atoms with Crippen LogP contribution in [-0.4, -0.2) is 36.5 Å². The first-order chi connectivity index (χ1) is 12.9. The number of nitrogens with one attached hydrogen (secondary N) is 1. The number of non-ortho nitro benzene ring substituents is 1. The van der Waals surface area contributed by atoms with Crippen molar-refractivity contribution in [2.75, 3.05) is 23.8 Å². The predicted molar refractivity (Wildman–Crippen MR) is 100 cm³/mol. The van der Waals surface area contributed by atoms with Crippen LogP contribution < -0.4 is 10.2 Å². The molecule has 0 radical (unpaired) electrons. The highest BCUT2D eigenvalue weighted by Crippen LogP contribution is 2.29. The van der Waals surface area contributed by atoms with Crippen molar-refractivity contribution >= 4 is 28.9 Å². The fourth-order valence-corrected chi connectivity index (χ4v) is 3.09. The molecule has 0 saturated carbocycles. The molecule has 1 N–H and O–H groups in total. The number of para-hydroxylation sites is 1. The Morgan fingerprint density at radius 2 is 2.00 bits per heavy atom. The molecule has 0 aromatic heterocycles. The Labute approximate surface area is 155 Å². The van der Waals surface area contributed by atoms with E-state index in [9.17, 15) is 19.7 Å². The number of esters is 1. The summed E-state index contributed by atoms with van der Waals surface area (Å²) in [5.74, 6) is -1.12. The Kier molecular flexibility index (Phi) is 5.07. The van der Waals surface area contributed by atoms with E-state index in [1.54, 1.807) is 11.9 Å². The second kappa shape index (κ2) is 7.45. The van der Waals surface area contributed by atoms with Crippen LogP contribution in [0.2, 0.25) is 0 Å². The summed E-state index contributed by atoms with van der Waals surface area (Å²) in [5.41, 5.74) is 2.05. The molecular weight excluding hydrogens is 350 g/mol. The fraction of sp³-hybridized carbons (Fsp3) is 0.263. The smallest absolute Gasteiger partial charge is 0.341 e. The SMILES string of the molecule is CNc1ccc([N+](=O)[O-])cc1C(=O)O[C@H](C)C(=O)N1CCc2ccccc21. The summed E-state index contributed by atoms with van der Waals surface area (Å²) < 4.78 is 5.31. The maximum absolute atomic E-state index is 12.7. The summed E-state index contributed by atoms with van der Waals surface area (Å²) in [6.45, 7) is 2.02. The molecule has 8 nitrogen and oxygen atoms in total. The molecule has 0 unspecified atom stereocenters. The number of nitro benzene ring substituents is 1. The molecule has 1 amide bonds. The van der Waals surface area contributed by atoms with Gasteiger partial charge in [-0.3, -0.25) is 14.9 Å². The second-order valence-electron chi connectivity index (χ2n) is 6.15. The number of carbonyl (C=O) groups is 2. The quantitative estimate of drug-likeness (QED) is 0.494. The summed E-state index contributed by atoms with van der Waals surface area (Å²) in [7, 11) is 1.59. The molecule has 2 aromatic carbocycles. The summed E-state index contributed by atoms with van der Waals surface area (Å²) in [6.07, 6.45) is -0.273. The van der Waals surface area contributed by atoms with E-state index in [0.717, 1.165) is 23.7 Å². The monoisotopic (exact) mass is 369 g/mol. The largest absolute Gasteiger partial charge is 0.449 e. The maximum Gasteiger partial charge on any atom is 0.341 e. The first kappa shape index (κ1) is 18.4.